The van der Waals surface area contributed by atoms with Crippen molar-refractivity contribution in [2.24, 2.45) is 0 Å². The van der Waals surface area contributed by atoms with Gasteiger partial charge in [0.2, 0.25) is 10.0 Å². The van der Waals surface area contributed by atoms with E-state index in [-0.39, 0.29) is 11.8 Å². The number of sulfonamides is 1. The van der Waals surface area contributed by atoms with E-state index in [0.717, 1.165) is 32.2 Å². The molecule has 0 spiro atoms. The molecule has 1 aromatic carbocycles. The second-order valence-corrected chi connectivity index (χ2v) is 8.19. The number of hydrogen-bond acceptors (Lipinski definition) is 3. The molecule has 5 heteroatoms. The van der Waals surface area contributed by atoms with Crippen molar-refractivity contribution in [2.45, 2.75) is 37.6 Å². The van der Waals surface area contributed by atoms with Crippen LogP contribution in [0.1, 0.15) is 37.2 Å². The highest BCUT2D eigenvalue weighted by Crippen LogP contribution is 2.29. The Morgan fingerprint density at radius 3 is 2.67 bits per heavy atom. The second kappa shape index (κ2) is 6.46. The third-order valence-electron chi connectivity index (χ3n) is 4.64. The van der Waals surface area contributed by atoms with Gasteiger partial charge >= 0.3 is 0 Å². The fourth-order valence-electron chi connectivity index (χ4n) is 3.40. The third-order valence-corrected chi connectivity index (χ3v) is 6.58. The van der Waals surface area contributed by atoms with Crippen LogP contribution in [0.2, 0.25) is 0 Å². The maximum Gasteiger partial charge on any atom is 0.215 e. The van der Waals surface area contributed by atoms with Crippen molar-refractivity contribution in [3.8, 4) is 0 Å². The number of nitrogens with zero attached hydrogens (tertiary/aromatic N) is 1. The summed E-state index contributed by atoms with van der Waals surface area (Å²) in [6.07, 6.45) is 4.21. The van der Waals surface area contributed by atoms with Gasteiger partial charge in [-0.2, -0.15) is 0 Å². The zero-order valence-corrected chi connectivity index (χ0v) is 13.2. The van der Waals surface area contributed by atoms with Crippen LogP contribution in [-0.2, 0) is 10.0 Å². The molecule has 2 unspecified atom stereocenters. The van der Waals surface area contributed by atoms with E-state index in [1.807, 2.05) is 18.2 Å². The Morgan fingerprint density at radius 1 is 1.14 bits per heavy atom. The molecule has 0 aliphatic carbocycles. The lowest BCUT2D eigenvalue weighted by molar-refractivity contribution is 0.409. The van der Waals surface area contributed by atoms with Gasteiger partial charge in [-0.25, -0.2) is 12.7 Å². The summed E-state index contributed by atoms with van der Waals surface area (Å²) in [5.41, 5.74) is 1.26. The van der Waals surface area contributed by atoms with Crippen molar-refractivity contribution in [3.05, 3.63) is 35.9 Å². The largest absolute Gasteiger partial charge is 0.313 e. The maximum absolute atomic E-state index is 12.6. The van der Waals surface area contributed by atoms with Crippen molar-refractivity contribution < 1.29 is 8.42 Å². The molecule has 0 bridgehead atoms. The van der Waals surface area contributed by atoms with Crippen LogP contribution < -0.4 is 5.32 Å². The van der Waals surface area contributed by atoms with Gasteiger partial charge in [0.05, 0.1) is 5.75 Å². The van der Waals surface area contributed by atoms with Crippen LogP contribution in [0.3, 0.4) is 0 Å². The van der Waals surface area contributed by atoms with E-state index in [0.29, 0.717) is 19.0 Å². The van der Waals surface area contributed by atoms with Crippen molar-refractivity contribution in [2.75, 3.05) is 25.4 Å². The lowest BCUT2D eigenvalue weighted by Crippen LogP contribution is -2.43. The van der Waals surface area contributed by atoms with Crippen molar-refractivity contribution in [1.82, 2.24) is 9.62 Å². The third kappa shape index (κ3) is 3.65. The number of rotatable bonds is 4. The normalized spacial score (nSPS) is 27.8. The molecule has 21 heavy (non-hydrogen) atoms. The van der Waals surface area contributed by atoms with E-state index < -0.39 is 10.0 Å². The van der Waals surface area contributed by atoms with Crippen molar-refractivity contribution in [1.29, 1.82) is 0 Å². The number of piperidine rings is 1. The van der Waals surface area contributed by atoms with E-state index in [1.165, 1.54) is 5.56 Å². The van der Waals surface area contributed by atoms with E-state index in [1.54, 1.807) is 4.31 Å². The molecule has 2 saturated heterocycles. The lowest BCUT2D eigenvalue weighted by atomic mass is 9.99. The summed E-state index contributed by atoms with van der Waals surface area (Å²) in [7, 11) is -3.13. The minimum Gasteiger partial charge on any atom is -0.313 e. The SMILES string of the molecule is O=S(=O)(CC1CCCCN1)N1CCC(c2ccccc2)C1. The van der Waals surface area contributed by atoms with Crippen LogP contribution in [0.15, 0.2) is 30.3 Å². The lowest BCUT2D eigenvalue weighted by Gasteiger charge is -2.25. The highest BCUT2D eigenvalue weighted by atomic mass is 32.2. The van der Waals surface area contributed by atoms with E-state index >= 15 is 0 Å². The zero-order valence-electron chi connectivity index (χ0n) is 12.4. The summed E-state index contributed by atoms with van der Waals surface area (Å²) in [5, 5.41) is 3.34. The number of benzene rings is 1. The first kappa shape index (κ1) is 15.0. The molecule has 2 aliphatic heterocycles. The summed E-state index contributed by atoms with van der Waals surface area (Å²) in [4.78, 5) is 0. The quantitative estimate of drug-likeness (QED) is 0.925. The molecule has 116 valence electrons. The van der Waals surface area contributed by atoms with Gasteiger partial charge in [-0.15, -0.1) is 0 Å². The van der Waals surface area contributed by atoms with Gasteiger partial charge < -0.3 is 5.32 Å². The minimum atomic E-state index is -3.13. The van der Waals surface area contributed by atoms with Gasteiger partial charge in [-0.3, -0.25) is 0 Å². The minimum absolute atomic E-state index is 0.138. The Bertz CT molecular complexity index is 553. The van der Waals surface area contributed by atoms with Crippen LogP contribution in [-0.4, -0.2) is 44.2 Å². The van der Waals surface area contributed by atoms with Crippen molar-refractivity contribution in [3.63, 3.8) is 0 Å². The summed E-state index contributed by atoms with van der Waals surface area (Å²) >= 11 is 0. The van der Waals surface area contributed by atoms with Crippen LogP contribution in [0.5, 0.6) is 0 Å². The highest BCUT2D eigenvalue weighted by Gasteiger charge is 2.33. The van der Waals surface area contributed by atoms with Crippen molar-refractivity contribution >= 4 is 10.0 Å². The Kier molecular flexibility index (Phi) is 4.62. The summed E-state index contributed by atoms with van der Waals surface area (Å²) in [5.74, 6) is 0.606. The Labute approximate surface area is 127 Å². The average molecular weight is 308 g/mol. The standard InChI is InChI=1S/C16H24N2O2S/c19-21(20,13-16-8-4-5-10-17-16)18-11-9-15(12-18)14-6-2-1-3-7-14/h1-3,6-7,15-17H,4-5,8-13H2. The summed E-state index contributed by atoms with van der Waals surface area (Å²) in [6.45, 7) is 2.25. The molecule has 0 amide bonds. The van der Waals surface area contributed by atoms with Gasteiger partial charge in [-0.05, 0) is 37.3 Å². The van der Waals surface area contributed by atoms with Crippen LogP contribution in [0, 0.1) is 0 Å². The first-order valence-corrected chi connectivity index (χ1v) is 9.52. The Balaban J connectivity index is 1.62. The Hall–Kier alpha value is -0.910. The monoisotopic (exact) mass is 308 g/mol. The fraction of sp³-hybridized carbons (Fsp3) is 0.625. The first-order valence-electron chi connectivity index (χ1n) is 7.91. The van der Waals surface area contributed by atoms with Gasteiger partial charge in [0.15, 0.2) is 0 Å². The molecule has 0 aromatic heterocycles. The smallest absolute Gasteiger partial charge is 0.215 e. The molecule has 1 N–H and O–H groups in total. The van der Waals surface area contributed by atoms with Gasteiger partial charge in [0.25, 0.3) is 0 Å². The molecule has 2 fully saturated rings. The second-order valence-electron chi connectivity index (χ2n) is 6.18. The van der Waals surface area contributed by atoms with E-state index in [9.17, 15) is 8.42 Å². The highest BCUT2D eigenvalue weighted by molar-refractivity contribution is 7.89. The summed E-state index contributed by atoms with van der Waals surface area (Å²) in [6, 6.07) is 10.4. The predicted octanol–water partition coefficient (Wildman–Crippen LogP) is 1.95. The number of nitrogens with one attached hydrogen (secondary N) is 1. The van der Waals surface area contributed by atoms with Crippen LogP contribution >= 0.6 is 0 Å². The molecule has 2 aliphatic rings. The van der Waals surface area contributed by atoms with Crippen LogP contribution in [0.4, 0.5) is 0 Å². The zero-order chi connectivity index (χ0) is 14.7. The molecule has 1 aromatic rings. The molecular weight excluding hydrogens is 284 g/mol. The van der Waals surface area contributed by atoms with Gasteiger partial charge in [0.1, 0.15) is 0 Å². The molecule has 0 radical (unpaired) electrons. The van der Waals surface area contributed by atoms with Crippen LogP contribution in [0.25, 0.3) is 0 Å². The summed E-state index contributed by atoms with van der Waals surface area (Å²) < 4.78 is 26.8. The maximum atomic E-state index is 12.6. The first-order chi connectivity index (χ1) is 10.1. The predicted molar refractivity (Wildman–Crippen MR) is 84.8 cm³/mol. The van der Waals surface area contributed by atoms with Gasteiger partial charge in [0, 0.05) is 19.1 Å². The Morgan fingerprint density at radius 2 is 1.95 bits per heavy atom. The number of hydrogen-bond donors (Lipinski definition) is 1. The molecule has 4 nitrogen and oxygen atoms in total. The fourth-order valence-corrected chi connectivity index (χ4v) is 5.20. The molecule has 2 heterocycles. The van der Waals surface area contributed by atoms with Gasteiger partial charge in [-0.1, -0.05) is 36.8 Å². The topological polar surface area (TPSA) is 49.4 Å². The molecular formula is C16H24N2O2S. The average Bonchev–Trinajstić information content (AvgIpc) is 2.99. The molecule has 0 saturated carbocycles. The van der Waals surface area contributed by atoms with E-state index in [2.05, 4.69) is 17.4 Å². The van der Waals surface area contributed by atoms with E-state index in [4.69, 9.17) is 0 Å². The molecule has 2 atom stereocenters. The molecule has 3 rings (SSSR count).